The molecule has 0 aliphatic heterocycles. The summed E-state index contributed by atoms with van der Waals surface area (Å²) in [5.74, 6) is -0.00386. The minimum Gasteiger partial charge on any atom is -0.483 e. The van der Waals surface area contributed by atoms with Crippen molar-refractivity contribution in [1.82, 2.24) is 10.2 Å². The van der Waals surface area contributed by atoms with Crippen molar-refractivity contribution >= 4 is 21.9 Å². The number of halogens is 1. The molecule has 0 atom stereocenters. The summed E-state index contributed by atoms with van der Waals surface area (Å²) in [5.41, 5.74) is -0.165. The largest absolute Gasteiger partial charge is 0.483 e. The summed E-state index contributed by atoms with van der Waals surface area (Å²) in [6, 6.07) is 4.70. The Balaban J connectivity index is 2.15. The molecular formula is C14H15BrN2O4. The van der Waals surface area contributed by atoms with Crippen LogP contribution in [0.15, 0.2) is 27.1 Å². The molecule has 6 nitrogen and oxygen atoms in total. The summed E-state index contributed by atoms with van der Waals surface area (Å²) in [6.45, 7) is 5.89. The molecule has 0 saturated carbocycles. The van der Waals surface area contributed by atoms with Gasteiger partial charge in [-0.15, -0.1) is 10.2 Å². The molecule has 0 aliphatic carbocycles. The lowest BCUT2D eigenvalue weighted by atomic mass is 9.97. The van der Waals surface area contributed by atoms with Gasteiger partial charge in [-0.1, -0.05) is 36.7 Å². The highest BCUT2D eigenvalue weighted by Gasteiger charge is 2.21. The molecule has 0 bridgehead atoms. The zero-order valence-corrected chi connectivity index (χ0v) is 13.5. The van der Waals surface area contributed by atoms with Gasteiger partial charge in [0, 0.05) is 9.89 Å². The fraction of sp³-hybridized carbons (Fsp3) is 0.357. The lowest BCUT2D eigenvalue weighted by Gasteiger charge is -2.11. The Morgan fingerprint density at radius 2 is 2.10 bits per heavy atom. The number of carboxylic acid groups (broad SMARTS) is 1. The summed E-state index contributed by atoms with van der Waals surface area (Å²) in [6.07, 6.45) is 0. The van der Waals surface area contributed by atoms with Crippen LogP contribution in [0.2, 0.25) is 0 Å². The lowest BCUT2D eigenvalue weighted by molar-refractivity contribution is 0.0691. The number of aromatic carboxylic acids is 1. The highest BCUT2D eigenvalue weighted by atomic mass is 79.9. The molecule has 1 aromatic carbocycles. The van der Waals surface area contributed by atoms with Crippen molar-refractivity contribution in [1.29, 1.82) is 0 Å². The summed E-state index contributed by atoms with van der Waals surface area (Å²) >= 11 is 3.28. The Hall–Kier alpha value is -1.89. The highest BCUT2D eigenvalue weighted by molar-refractivity contribution is 9.10. The topological polar surface area (TPSA) is 85.5 Å². The Morgan fingerprint density at radius 1 is 1.38 bits per heavy atom. The van der Waals surface area contributed by atoms with Crippen LogP contribution in [0.25, 0.3) is 0 Å². The number of benzene rings is 1. The van der Waals surface area contributed by atoms with E-state index < -0.39 is 5.97 Å². The van der Waals surface area contributed by atoms with Gasteiger partial charge in [-0.05, 0) is 18.2 Å². The van der Waals surface area contributed by atoms with Crippen molar-refractivity contribution < 1.29 is 19.1 Å². The van der Waals surface area contributed by atoms with Crippen molar-refractivity contribution in [2.75, 3.05) is 0 Å². The van der Waals surface area contributed by atoms with Gasteiger partial charge < -0.3 is 14.3 Å². The van der Waals surface area contributed by atoms with Gasteiger partial charge in [-0.25, -0.2) is 4.79 Å². The average molecular weight is 355 g/mol. The van der Waals surface area contributed by atoms with Gasteiger partial charge in [0.2, 0.25) is 5.89 Å². The molecule has 1 aromatic heterocycles. The first-order chi connectivity index (χ1) is 9.77. The lowest BCUT2D eigenvalue weighted by Crippen LogP contribution is -2.11. The monoisotopic (exact) mass is 354 g/mol. The van der Waals surface area contributed by atoms with E-state index >= 15 is 0 Å². The molecule has 0 aliphatic rings. The maximum atomic E-state index is 11.1. The SMILES string of the molecule is CC(C)(C)c1nnc(COc2cc(Br)ccc2C(=O)O)o1. The first-order valence-corrected chi connectivity index (χ1v) is 7.05. The number of hydrogen-bond donors (Lipinski definition) is 1. The van der Waals surface area contributed by atoms with Crippen molar-refractivity contribution in [3.8, 4) is 5.75 Å². The van der Waals surface area contributed by atoms with Crippen LogP contribution in [0.3, 0.4) is 0 Å². The predicted octanol–water partition coefficient (Wildman–Crippen LogP) is 3.41. The Labute approximate surface area is 130 Å². The van der Waals surface area contributed by atoms with E-state index in [4.69, 9.17) is 14.3 Å². The van der Waals surface area contributed by atoms with Crippen LogP contribution in [-0.4, -0.2) is 21.3 Å². The minimum absolute atomic E-state index is 0.0137. The van der Waals surface area contributed by atoms with E-state index in [0.29, 0.717) is 11.8 Å². The van der Waals surface area contributed by atoms with Crippen LogP contribution in [0.5, 0.6) is 5.75 Å². The third-order valence-electron chi connectivity index (χ3n) is 2.63. The second-order valence-corrected chi connectivity index (χ2v) is 6.40. The summed E-state index contributed by atoms with van der Waals surface area (Å²) in [5, 5.41) is 17.0. The van der Waals surface area contributed by atoms with Gasteiger partial charge >= 0.3 is 5.97 Å². The third-order valence-corrected chi connectivity index (χ3v) is 3.13. The van der Waals surface area contributed by atoms with Crippen molar-refractivity contribution in [3.63, 3.8) is 0 Å². The number of aromatic nitrogens is 2. The Bertz CT molecular complexity index is 661. The molecule has 0 spiro atoms. The number of carbonyl (C=O) groups is 1. The second kappa shape index (κ2) is 5.85. The van der Waals surface area contributed by atoms with Gasteiger partial charge in [-0.3, -0.25) is 0 Å². The van der Waals surface area contributed by atoms with E-state index in [9.17, 15) is 4.79 Å². The van der Waals surface area contributed by atoms with E-state index in [2.05, 4.69) is 26.1 Å². The normalized spacial score (nSPS) is 11.4. The van der Waals surface area contributed by atoms with Gasteiger partial charge in [-0.2, -0.15) is 0 Å². The number of rotatable bonds is 4. The molecular weight excluding hydrogens is 340 g/mol. The molecule has 0 fully saturated rings. The van der Waals surface area contributed by atoms with Crippen LogP contribution >= 0.6 is 15.9 Å². The van der Waals surface area contributed by atoms with E-state index in [-0.39, 0.29) is 23.3 Å². The highest BCUT2D eigenvalue weighted by Crippen LogP contribution is 2.25. The van der Waals surface area contributed by atoms with Crippen molar-refractivity contribution in [3.05, 3.63) is 40.0 Å². The fourth-order valence-electron chi connectivity index (χ4n) is 1.55. The number of ether oxygens (including phenoxy) is 1. The minimum atomic E-state index is -1.06. The fourth-order valence-corrected chi connectivity index (χ4v) is 1.89. The van der Waals surface area contributed by atoms with Gasteiger partial charge in [0.25, 0.3) is 5.89 Å². The predicted molar refractivity (Wildman–Crippen MR) is 78.4 cm³/mol. The maximum absolute atomic E-state index is 11.1. The molecule has 2 aromatic rings. The Morgan fingerprint density at radius 3 is 2.67 bits per heavy atom. The van der Waals surface area contributed by atoms with Crippen molar-refractivity contribution in [2.45, 2.75) is 32.8 Å². The Kier molecular flexibility index (Phi) is 4.32. The molecule has 0 amide bonds. The third kappa shape index (κ3) is 3.81. The molecule has 112 valence electrons. The summed E-state index contributed by atoms with van der Waals surface area (Å²) < 4.78 is 11.7. The maximum Gasteiger partial charge on any atom is 0.339 e. The van der Waals surface area contributed by atoms with Crippen LogP contribution in [0.1, 0.15) is 42.9 Å². The van der Waals surface area contributed by atoms with E-state index in [0.717, 1.165) is 4.47 Å². The standard InChI is InChI=1S/C14H15BrN2O4/c1-14(2,3)13-17-16-11(21-13)7-20-10-6-8(15)4-5-9(10)12(18)19/h4-6H,7H2,1-3H3,(H,18,19). The molecule has 0 saturated heterocycles. The first-order valence-electron chi connectivity index (χ1n) is 6.26. The number of nitrogens with zero attached hydrogens (tertiary/aromatic N) is 2. The van der Waals surface area contributed by atoms with Crippen LogP contribution in [-0.2, 0) is 12.0 Å². The van der Waals surface area contributed by atoms with Crippen LogP contribution in [0.4, 0.5) is 0 Å². The van der Waals surface area contributed by atoms with Gasteiger partial charge in [0.15, 0.2) is 6.61 Å². The summed E-state index contributed by atoms with van der Waals surface area (Å²) in [7, 11) is 0. The van der Waals surface area contributed by atoms with Gasteiger partial charge in [0.05, 0.1) is 0 Å². The van der Waals surface area contributed by atoms with Crippen LogP contribution < -0.4 is 4.74 Å². The molecule has 21 heavy (non-hydrogen) atoms. The van der Waals surface area contributed by atoms with Gasteiger partial charge in [0.1, 0.15) is 11.3 Å². The molecule has 0 radical (unpaired) electrons. The molecule has 1 heterocycles. The van der Waals surface area contributed by atoms with E-state index in [1.807, 2.05) is 20.8 Å². The second-order valence-electron chi connectivity index (χ2n) is 5.49. The van der Waals surface area contributed by atoms with Crippen LogP contribution in [0, 0.1) is 0 Å². The van der Waals surface area contributed by atoms with E-state index in [1.54, 1.807) is 12.1 Å². The molecule has 2 rings (SSSR count). The quantitative estimate of drug-likeness (QED) is 0.905. The van der Waals surface area contributed by atoms with Crippen molar-refractivity contribution in [2.24, 2.45) is 0 Å². The smallest absolute Gasteiger partial charge is 0.339 e. The zero-order chi connectivity index (χ0) is 15.6. The zero-order valence-electron chi connectivity index (χ0n) is 11.9. The average Bonchev–Trinajstić information content (AvgIpc) is 2.84. The van der Waals surface area contributed by atoms with E-state index in [1.165, 1.54) is 6.07 Å². The number of hydrogen-bond acceptors (Lipinski definition) is 5. The summed E-state index contributed by atoms with van der Waals surface area (Å²) in [4.78, 5) is 11.1. The molecule has 7 heteroatoms. The first kappa shape index (κ1) is 15.5. The molecule has 0 unspecified atom stereocenters. The molecule has 1 N–H and O–H groups in total. The number of carboxylic acids is 1.